The zero-order valence-electron chi connectivity index (χ0n) is 13.4. The minimum atomic E-state index is -0.609. The van der Waals surface area contributed by atoms with Gasteiger partial charge in [-0.05, 0) is 37.9 Å². The van der Waals surface area contributed by atoms with E-state index in [2.05, 4.69) is 16.0 Å². The second-order valence-corrected chi connectivity index (χ2v) is 6.59. The van der Waals surface area contributed by atoms with Crippen molar-refractivity contribution in [1.82, 2.24) is 15.5 Å². The van der Waals surface area contributed by atoms with Crippen LogP contribution in [0.3, 0.4) is 0 Å². The molecule has 0 bridgehead atoms. The van der Waals surface area contributed by atoms with Gasteiger partial charge in [0.15, 0.2) is 0 Å². The summed E-state index contributed by atoms with van der Waals surface area (Å²) in [6.07, 6.45) is 2.65. The molecule has 1 aromatic rings. The van der Waals surface area contributed by atoms with Crippen molar-refractivity contribution in [2.24, 2.45) is 0 Å². The molecule has 0 aliphatic carbocycles. The number of nitrogens with zero attached hydrogens (tertiary/aromatic N) is 1. The molecule has 1 aromatic carbocycles. The number of carbonyl (C=O) groups is 1. The highest BCUT2D eigenvalue weighted by molar-refractivity contribution is 5.89. The molecule has 1 atom stereocenters. The predicted octanol–water partition coefficient (Wildman–Crippen LogP) is 0.997. The van der Waals surface area contributed by atoms with Crippen molar-refractivity contribution in [3.8, 4) is 0 Å². The lowest BCUT2D eigenvalue weighted by molar-refractivity contribution is 0.0552. The smallest absolute Gasteiger partial charge is 0.321 e. The number of carbonyl (C=O) groups excluding carboxylic acids is 1. The van der Waals surface area contributed by atoms with Crippen molar-refractivity contribution in [3.05, 3.63) is 30.3 Å². The molecule has 0 aromatic heterocycles. The Bertz CT molecular complexity index is 509. The molecule has 2 amide bonds. The highest BCUT2D eigenvalue weighted by Gasteiger charge is 2.32. The normalized spacial score (nSPS) is 25.5. The fraction of sp³-hybridized carbons (Fsp3) is 0.588. The summed E-state index contributed by atoms with van der Waals surface area (Å²) in [5.41, 5.74) is 0.218. The van der Waals surface area contributed by atoms with Gasteiger partial charge in [-0.1, -0.05) is 18.2 Å². The molecule has 126 valence electrons. The van der Waals surface area contributed by atoms with Gasteiger partial charge < -0.3 is 26.0 Å². The van der Waals surface area contributed by atoms with Crippen molar-refractivity contribution >= 4 is 11.7 Å². The second kappa shape index (κ2) is 7.29. The number of aliphatic hydroxyl groups is 1. The molecule has 0 radical (unpaired) electrons. The van der Waals surface area contributed by atoms with Gasteiger partial charge in [0.25, 0.3) is 0 Å². The first-order chi connectivity index (χ1) is 11.1. The number of likely N-dealkylation sites (tertiary alicyclic amines) is 1. The third kappa shape index (κ3) is 4.43. The summed E-state index contributed by atoms with van der Waals surface area (Å²) in [4.78, 5) is 14.1. The number of β-amino-alcohol motifs (C(OH)–C–C–N with tert-alkyl or cyclic N) is 1. The van der Waals surface area contributed by atoms with Gasteiger partial charge in [-0.3, -0.25) is 0 Å². The molecule has 3 rings (SSSR count). The number of nitrogens with one attached hydrogen (secondary N) is 3. The number of anilines is 1. The minimum Gasteiger partial charge on any atom is -0.387 e. The Morgan fingerprint density at radius 1 is 1.30 bits per heavy atom. The first-order valence-corrected chi connectivity index (χ1v) is 8.42. The van der Waals surface area contributed by atoms with Gasteiger partial charge in [0.2, 0.25) is 0 Å². The summed E-state index contributed by atoms with van der Waals surface area (Å²) >= 11 is 0. The Kier molecular flexibility index (Phi) is 5.15. The zero-order valence-corrected chi connectivity index (χ0v) is 13.4. The topological polar surface area (TPSA) is 76.6 Å². The number of rotatable bonds is 4. The third-order valence-electron chi connectivity index (χ3n) is 4.75. The summed E-state index contributed by atoms with van der Waals surface area (Å²) in [7, 11) is 0. The van der Waals surface area contributed by atoms with Gasteiger partial charge in [-0.2, -0.15) is 0 Å². The Balaban J connectivity index is 1.40. The first kappa shape index (κ1) is 16.2. The first-order valence-electron chi connectivity index (χ1n) is 8.42. The van der Waals surface area contributed by atoms with Crippen LogP contribution >= 0.6 is 0 Å². The van der Waals surface area contributed by atoms with Crippen molar-refractivity contribution in [2.75, 3.05) is 38.0 Å². The molecular formula is C17H26N4O2. The van der Waals surface area contributed by atoms with Crippen molar-refractivity contribution in [3.63, 3.8) is 0 Å². The molecule has 2 fully saturated rings. The second-order valence-electron chi connectivity index (χ2n) is 6.59. The number of hydrogen-bond acceptors (Lipinski definition) is 4. The minimum absolute atomic E-state index is 0.0340. The summed E-state index contributed by atoms with van der Waals surface area (Å²) in [5.74, 6) is 0. The standard InChI is InChI=1S/C17H26N4O2/c22-16(20-15-4-2-1-3-5-15)21-10-6-14(7-11-21)19-13-17(23)8-9-18-12-17/h1-5,14,18-19,23H,6-13H2,(H,20,22). The van der Waals surface area contributed by atoms with Crippen LogP contribution in [0.25, 0.3) is 0 Å². The average molecular weight is 318 g/mol. The van der Waals surface area contributed by atoms with Crippen LogP contribution < -0.4 is 16.0 Å². The molecule has 6 nitrogen and oxygen atoms in total. The predicted molar refractivity (Wildman–Crippen MR) is 90.5 cm³/mol. The van der Waals surface area contributed by atoms with Gasteiger partial charge in [0, 0.05) is 37.9 Å². The van der Waals surface area contributed by atoms with E-state index in [0.717, 1.165) is 44.6 Å². The lowest BCUT2D eigenvalue weighted by atomic mass is 10.0. The van der Waals surface area contributed by atoms with Crippen LogP contribution in [0.15, 0.2) is 30.3 Å². The Labute approximate surface area is 137 Å². The molecule has 0 spiro atoms. The molecule has 2 heterocycles. The van der Waals surface area contributed by atoms with Crippen LogP contribution in [-0.2, 0) is 0 Å². The zero-order chi connectivity index (χ0) is 16.1. The largest absolute Gasteiger partial charge is 0.387 e. The maximum Gasteiger partial charge on any atom is 0.321 e. The summed E-state index contributed by atoms with van der Waals surface area (Å²) in [6.45, 7) is 3.66. The van der Waals surface area contributed by atoms with Gasteiger partial charge in [0.1, 0.15) is 0 Å². The van der Waals surface area contributed by atoms with Gasteiger partial charge >= 0.3 is 6.03 Å². The van der Waals surface area contributed by atoms with E-state index in [-0.39, 0.29) is 6.03 Å². The van der Waals surface area contributed by atoms with Gasteiger partial charge in [0.05, 0.1) is 5.60 Å². The van der Waals surface area contributed by atoms with Crippen LogP contribution in [0.4, 0.5) is 10.5 Å². The fourth-order valence-electron chi connectivity index (χ4n) is 3.23. The highest BCUT2D eigenvalue weighted by atomic mass is 16.3. The molecule has 2 aliphatic heterocycles. The van der Waals surface area contributed by atoms with E-state index in [1.807, 2.05) is 35.2 Å². The lowest BCUT2D eigenvalue weighted by Crippen LogP contribution is -2.50. The highest BCUT2D eigenvalue weighted by Crippen LogP contribution is 2.16. The number of hydrogen-bond donors (Lipinski definition) is 4. The number of para-hydroxylation sites is 1. The van der Waals surface area contributed by atoms with Crippen LogP contribution in [0.2, 0.25) is 0 Å². The number of benzene rings is 1. The van der Waals surface area contributed by atoms with Crippen LogP contribution in [0.5, 0.6) is 0 Å². The monoisotopic (exact) mass is 318 g/mol. The van der Waals surface area contributed by atoms with Gasteiger partial charge in [-0.15, -0.1) is 0 Å². The van der Waals surface area contributed by atoms with E-state index in [9.17, 15) is 9.90 Å². The van der Waals surface area contributed by atoms with Crippen LogP contribution in [0, 0.1) is 0 Å². The van der Waals surface area contributed by atoms with Crippen molar-refractivity contribution in [2.45, 2.75) is 30.9 Å². The molecule has 4 N–H and O–H groups in total. The fourth-order valence-corrected chi connectivity index (χ4v) is 3.23. The Morgan fingerprint density at radius 2 is 2.04 bits per heavy atom. The molecule has 6 heteroatoms. The van der Waals surface area contributed by atoms with Crippen molar-refractivity contribution in [1.29, 1.82) is 0 Å². The van der Waals surface area contributed by atoms with Crippen LogP contribution in [0.1, 0.15) is 19.3 Å². The van der Waals surface area contributed by atoms with E-state index in [1.54, 1.807) is 0 Å². The Hall–Kier alpha value is -1.63. The quantitative estimate of drug-likeness (QED) is 0.668. The van der Waals surface area contributed by atoms with Gasteiger partial charge in [-0.25, -0.2) is 4.79 Å². The van der Waals surface area contributed by atoms with E-state index < -0.39 is 5.60 Å². The summed E-state index contributed by atoms with van der Waals surface area (Å²) in [6, 6.07) is 9.88. The molecule has 23 heavy (non-hydrogen) atoms. The number of amides is 2. The van der Waals surface area contributed by atoms with E-state index in [4.69, 9.17) is 0 Å². The molecule has 1 unspecified atom stereocenters. The lowest BCUT2D eigenvalue weighted by Gasteiger charge is -2.34. The molecular weight excluding hydrogens is 292 g/mol. The molecule has 2 aliphatic rings. The Morgan fingerprint density at radius 3 is 2.70 bits per heavy atom. The summed E-state index contributed by atoms with van der Waals surface area (Å²) < 4.78 is 0. The molecule has 0 saturated carbocycles. The summed E-state index contributed by atoms with van der Waals surface area (Å²) in [5, 5.41) is 19.9. The molecule has 2 saturated heterocycles. The maximum atomic E-state index is 12.2. The average Bonchev–Trinajstić information content (AvgIpc) is 3.01. The number of urea groups is 1. The van der Waals surface area contributed by atoms with E-state index >= 15 is 0 Å². The van der Waals surface area contributed by atoms with Crippen molar-refractivity contribution < 1.29 is 9.90 Å². The van der Waals surface area contributed by atoms with E-state index in [0.29, 0.717) is 19.1 Å². The SMILES string of the molecule is O=C(Nc1ccccc1)N1CCC(NCC2(O)CCNC2)CC1. The maximum absolute atomic E-state index is 12.2. The van der Waals surface area contributed by atoms with Crippen LogP contribution in [-0.4, -0.2) is 60.4 Å². The number of piperidine rings is 1. The van der Waals surface area contributed by atoms with E-state index in [1.165, 1.54) is 0 Å². The third-order valence-corrected chi connectivity index (χ3v) is 4.75.